The van der Waals surface area contributed by atoms with E-state index in [1.54, 1.807) is 0 Å². The molecule has 9 heavy (non-hydrogen) atoms. The first-order valence-electron chi connectivity index (χ1n) is 2.51. The third-order valence-corrected chi connectivity index (χ3v) is 0.762. The van der Waals surface area contributed by atoms with Gasteiger partial charge < -0.3 is 4.74 Å². The zero-order valence-electron chi connectivity index (χ0n) is 5.00. The van der Waals surface area contributed by atoms with E-state index in [9.17, 15) is 9.59 Å². The van der Waals surface area contributed by atoms with Gasteiger partial charge in [0.2, 0.25) is 0 Å². The predicted octanol–water partition coefficient (Wildman–Crippen LogP) is 0.157. The lowest BCUT2D eigenvalue weighted by atomic mass is 10.2. The van der Waals surface area contributed by atoms with Gasteiger partial charge in [0.15, 0.2) is 0 Å². The van der Waals surface area contributed by atoms with Crippen molar-refractivity contribution in [3.8, 4) is 0 Å². The number of ketones is 1. The zero-order chi connectivity index (χ0) is 7.11. The van der Waals surface area contributed by atoms with Gasteiger partial charge in [0, 0.05) is 0 Å². The van der Waals surface area contributed by atoms with E-state index in [0.29, 0.717) is 6.47 Å². The van der Waals surface area contributed by atoms with Gasteiger partial charge in [0.05, 0.1) is 6.42 Å². The molecule has 0 aliphatic carbocycles. The quantitative estimate of drug-likeness (QED) is 0.301. The normalized spacial score (nSPS) is 8.11. The van der Waals surface area contributed by atoms with Gasteiger partial charge in [-0.3, -0.25) is 4.79 Å². The van der Waals surface area contributed by atoms with Gasteiger partial charge in [-0.05, 0) is 6.42 Å². The minimum Gasteiger partial charge on any atom is -0.467 e. The molecule has 0 aliphatic heterocycles. The van der Waals surface area contributed by atoms with E-state index in [0.717, 1.165) is 0 Å². The molecule has 0 rings (SSSR count). The summed E-state index contributed by atoms with van der Waals surface area (Å²) < 4.78 is 4.26. The average Bonchev–Trinajstić information content (AvgIpc) is 1.89. The first-order valence-corrected chi connectivity index (χ1v) is 2.51. The number of rotatable bonds is 5. The third-order valence-electron chi connectivity index (χ3n) is 0.762. The Kier molecular flexibility index (Phi) is 4.59. The molecular formula is C6H8O3. The molecule has 0 saturated heterocycles. The average molecular weight is 128 g/mol. The van der Waals surface area contributed by atoms with E-state index in [1.165, 1.54) is 6.42 Å². The number of carbonyl (C=O) groups excluding carboxylic acids is 2. The van der Waals surface area contributed by atoms with E-state index < -0.39 is 0 Å². The summed E-state index contributed by atoms with van der Waals surface area (Å²) in [7, 11) is 0. The molecule has 0 amide bonds. The second-order valence-corrected chi connectivity index (χ2v) is 1.39. The highest BCUT2D eigenvalue weighted by Crippen LogP contribution is 1.85. The Morgan fingerprint density at radius 1 is 1.78 bits per heavy atom. The van der Waals surface area contributed by atoms with Crippen molar-refractivity contribution in [1.29, 1.82) is 0 Å². The van der Waals surface area contributed by atoms with Crippen LogP contribution in [0.4, 0.5) is 0 Å². The number of hydrogen-bond acceptors (Lipinski definition) is 3. The Bertz CT molecular complexity index is 98.5. The van der Waals surface area contributed by atoms with Gasteiger partial charge in [-0.15, -0.1) is 6.92 Å². The monoisotopic (exact) mass is 128 g/mol. The minimum absolute atomic E-state index is 0.114. The number of carbonyl (C=O) groups is 2. The third kappa shape index (κ3) is 4.87. The summed E-state index contributed by atoms with van der Waals surface area (Å²) in [6, 6.07) is 0. The number of ether oxygens (including phenoxy) is 1. The van der Waals surface area contributed by atoms with Crippen molar-refractivity contribution in [2.45, 2.75) is 6.42 Å². The predicted molar refractivity (Wildman–Crippen MR) is 31.3 cm³/mol. The molecule has 3 heteroatoms. The van der Waals surface area contributed by atoms with Gasteiger partial charge >= 0.3 is 0 Å². The van der Waals surface area contributed by atoms with Crippen LogP contribution in [0.5, 0.6) is 0 Å². The van der Waals surface area contributed by atoms with Crippen LogP contribution < -0.4 is 0 Å². The van der Waals surface area contributed by atoms with Gasteiger partial charge in [0.1, 0.15) is 6.61 Å². The fourth-order valence-corrected chi connectivity index (χ4v) is 0.310. The van der Waals surface area contributed by atoms with Crippen molar-refractivity contribution < 1.29 is 14.3 Å². The Labute approximate surface area is 54.0 Å². The van der Waals surface area contributed by atoms with Crippen LogP contribution in [0.3, 0.4) is 0 Å². The smallest absolute Gasteiger partial charge is 0.293 e. The molecule has 50 valence electrons. The molecule has 0 atom stereocenters. The van der Waals surface area contributed by atoms with Crippen LogP contribution in [0.25, 0.3) is 0 Å². The summed E-state index contributed by atoms with van der Waals surface area (Å²) in [5, 5.41) is 0. The molecule has 0 aromatic carbocycles. The van der Waals surface area contributed by atoms with Crippen LogP contribution >= 0.6 is 0 Å². The summed E-state index contributed by atoms with van der Waals surface area (Å²) in [4.78, 5) is 19.9. The van der Waals surface area contributed by atoms with Crippen LogP contribution in [0.2, 0.25) is 0 Å². The largest absolute Gasteiger partial charge is 0.467 e. The van der Waals surface area contributed by atoms with E-state index in [4.69, 9.17) is 0 Å². The van der Waals surface area contributed by atoms with Gasteiger partial charge in [-0.2, -0.15) is 0 Å². The highest BCUT2D eigenvalue weighted by atomic mass is 16.5. The number of Topliss-reactive ketones (excluding diaryl/α,β-unsaturated/α-hetero) is 1. The standard InChI is InChI=1S/C6H8O3/c1-2-6(8)3-4-9-5-7/h2,5H,1,3-4H2. The van der Waals surface area contributed by atoms with Crippen molar-refractivity contribution in [3.05, 3.63) is 13.3 Å². The molecule has 0 fully saturated rings. The topological polar surface area (TPSA) is 43.4 Å². The van der Waals surface area contributed by atoms with E-state index in [-0.39, 0.29) is 18.8 Å². The highest BCUT2D eigenvalue weighted by molar-refractivity contribution is 5.87. The molecule has 0 N–H and O–H groups in total. The summed E-state index contributed by atoms with van der Waals surface area (Å²) in [5.41, 5.74) is 0. The Balaban J connectivity index is 3.06. The van der Waals surface area contributed by atoms with Crippen molar-refractivity contribution >= 4 is 12.3 Å². The second kappa shape index (κ2) is 5.15. The SMILES string of the molecule is [CH2-][CH+]C(=O)CCOC=O. The molecular weight excluding hydrogens is 120 g/mol. The summed E-state index contributed by atoms with van der Waals surface area (Å²) in [5.74, 6) is -0.114. The molecule has 3 nitrogen and oxygen atoms in total. The van der Waals surface area contributed by atoms with E-state index in [1.807, 2.05) is 0 Å². The maximum absolute atomic E-state index is 10.4. The van der Waals surface area contributed by atoms with Gasteiger partial charge in [-0.25, -0.2) is 4.79 Å². The molecule has 0 spiro atoms. The van der Waals surface area contributed by atoms with Gasteiger partial charge in [0.25, 0.3) is 12.3 Å². The number of hydrogen-bond donors (Lipinski definition) is 0. The molecule has 0 bridgehead atoms. The Morgan fingerprint density at radius 3 is 2.89 bits per heavy atom. The van der Waals surface area contributed by atoms with E-state index in [2.05, 4.69) is 11.7 Å². The Morgan fingerprint density at radius 2 is 2.44 bits per heavy atom. The molecule has 0 radical (unpaired) electrons. The highest BCUT2D eigenvalue weighted by Gasteiger charge is 2.01. The van der Waals surface area contributed by atoms with Crippen LogP contribution in [0.15, 0.2) is 0 Å². The van der Waals surface area contributed by atoms with Crippen molar-refractivity contribution in [2.75, 3.05) is 6.61 Å². The molecule has 0 unspecified atom stereocenters. The Hall–Kier alpha value is -0.990. The molecule has 0 heterocycles. The molecule has 0 aromatic rings. The molecule has 0 aliphatic rings. The maximum Gasteiger partial charge on any atom is 0.293 e. The summed E-state index contributed by atoms with van der Waals surface area (Å²) >= 11 is 0. The molecule has 0 saturated carbocycles. The lowest BCUT2D eigenvalue weighted by Gasteiger charge is -1.90. The van der Waals surface area contributed by atoms with Crippen molar-refractivity contribution in [3.63, 3.8) is 0 Å². The fourth-order valence-electron chi connectivity index (χ4n) is 0.310. The van der Waals surface area contributed by atoms with Crippen LogP contribution in [-0.4, -0.2) is 18.9 Å². The maximum atomic E-state index is 10.4. The van der Waals surface area contributed by atoms with Crippen molar-refractivity contribution in [1.82, 2.24) is 0 Å². The minimum atomic E-state index is -0.114. The second-order valence-electron chi connectivity index (χ2n) is 1.39. The fraction of sp³-hybridized carbons (Fsp3) is 0.333. The first-order chi connectivity index (χ1) is 4.31. The van der Waals surface area contributed by atoms with Crippen molar-refractivity contribution in [2.24, 2.45) is 0 Å². The summed E-state index contributed by atoms with van der Waals surface area (Å²) in [6.45, 7) is 3.71. The van der Waals surface area contributed by atoms with Crippen LogP contribution in [0, 0.1) is 13.3 Å². The van der Waals surface area contributed by atoms with Crippen LogP contribution in [0.1, 0.15) is 6.42 Å². The lowest BCUT2D eigenvalue weighted by Crippen LogP contribution is -2.01. The summed E-state index contributed by atoms with van der Waals surface area (Å²) in [6.07, 6.45) is 1.43. The van der Waals surface area contributed by atoms with E-state index >= 15 is 0 Å². The zero-order valence-corrected chi connectivity index (χ0v) is 5.00. The van der Waals surface area contributed by atoms with Crippen LogP contribution in [-0.2, 0) is 14.3 Å². The van der Waals surface area contributed by atoms with Gasteiger partial charge in [-0.1, -0.05) is 0 Å². The lowest BCUT2D eigenvalue weighted by molar-refractivity contribution is -0.129. The first kappa shape index (κ1) is 8.01. The molecule has 0 aromatic heterocycles.